The number of fused-ring (bicyclic) bond motifs is 2. The summed E-state index contributed by atoms with van der Waals surface area (Å²) in [6.07, 6.45) is 21.2. The van der Waals surface area contributed by atoms with E-state index in [9.17, 15) is 4.79 Å². The van der Waals surface area contributed by atoms with E-state index in [-0.39, 0.29) is 11.9 Å². The Bertz CT molecular complexity index is 877. The molecule has 244 valence electrons. The van der Waals surface area contributed by atoms with E-state index < -0.39 is 0 Å². The average molecular weight is 603 g/mol. The zero-order valence-electron chi connectivity index (χ0n) is 26.9. The van der Waals surface area contributed by atoms with Gasteiger partial charge in [-0.1, -0.05) is 13.8 Å². The van der Waals surface area contributed by atoms with E-state index in [1.807, 2.05) is 0 Å². The van der Waals surface area contributed by atoms with E-state index in [0.717, 1.165) is 69.4 Å². The van der Waals surface area contributed by atoms with Gasteiger partial charge in [0.1, 0.15) is 12.2 Å². The van der Waals surface area contributed by atoms with E-state index in [0.29, 0.717) is 54.6 Å². The molecule has 3 heterocycles. The van der Waals surface area contributed by atoms with Gasteiger partial charge in [0.15, 0.2) is 0 Å². The molecule has 7 heteroatoms. The highest BCUT2D eigenvalue weighted by molar-refractivity contribution is 5.72. The largest absolute Gasteiger partial charge is 0.465 e. The van der Waals surface area contributed by atoms with Gasteiger partial charge in [0.25, 0.3) is 0 Å². The first kappa shape index (κ1) is 30.9. The van der Waals surface area contributed by atoms with E-state index >= 15 is 0 Å². The van der Waals surface area contributed by atoms with Crippen molar-refractivity contribution in [3.05, 3.63) is 0 Å². The van der Waals surface area contributed by atoms with Crippen LogP contribution in [0.1, 0.15) is 110 Å². The Morgan fingerprint density at radius 3 is 1.79 bits per heavy atom. The summed E-state index contributed by atoms with van der Waals surface area (Å²) >= 11 is 0. The van der Waals surface area contributed by atoms with Gasteiger partial charge in [0.2, 0.25) is 0 Å². The predicted molar refractivity (Wildman–Crippen MR) is 163 cm³/mol. The number of carbonyl (C=O) groups is 1. The minimum absolute atomic E-state index is 0.0434. The lowest BCUT2D eigenvalue weighted by atomic mass is 9.60. The highest BCUT2D eigenvalue weighted by Crippen LogP contribution is 2.52. The molecule has 5 aliphatic carbocycles. The number of hydrogen-bond donors (Lipinski definition) is 0. The minimum atomic E-state index is 0.0434. The molecule has 3 aliphatic heterocycles. The van der Waals surface area contributed by atoms with Crippen molar-refractivity contribution in [1.29, 1.82) is 0 Å². The Labute approximate surface area is 259 Å². The zero-order chi connectivity index (χ0) is 29.4. The van der Waals surface area contributed by atoms with Gasteiger partial charge in [-0.25, -0.2) is 0 Å². The van der Waals surface area contributed by atoms with Crippen LogP contribution < -0.4 is 0 Å². The summed E-state index contributed by atoms with van der Waals surface area (Å²) < 4.78 is 33.6. The molecule has 8 atom stereocenters. The fraction of sp³-hybridized carbons (Fsp3) is 0.972. The number of epoxide rings is 3. The van der Waals surface area contributed by atoms with Crippen LogP contribution in [-0.2, 0) is 33.2 Å². The van der Waals surface area contributed by atoms with E-state index in [2.05, 4.69) is 13.8 Å². The molecule has 5 saturated carbocycles. The van der Waals surface area contributed by atoms with Crippen molar-refractivity contribution in [1.82, 2.24) is 0 Å². The third-order valence-electron chi connectivity index (χ3n) is 12.7. The summed E-state index contributed by atoms with van der Waals surface area (Å²) in [5, 5.41) is 0. The fourth-order valence-electron chi connectivity index (χ4n) is 9.13. The first-order valence-electron chi connectivity index (χ1n) is 18.2. The van der Waals surface area contributed by atoms with Crippen LogP contribution in [0, 0.1) is 40.9 Å². The van der Waals surface area contributed by atoms with Crippen LogP contribution >= 0.6 is 0 Å². The molecular weight excluding hydrogens is 544 g/mol. The lowest BCUT2D eigenvalue weighted by Crippen LogP contribution is -2.39. The van der Waals surface area contributed by atoms with Crippen molar-refractivity contribution in [2.45, 2.75) is 147 Å². The molecule has 0 radical (unpaired) electrons. The van der Waals surface area contributed by atoms with Gasteiger partial charge in [0, 0.05) is 0 Å². The molecule has 8 aliphatic rings. The van der Waals surface area contributed by atoms with Gasteiger partial charge >= 0.3 is 5.97 Å². The molecule has 3 saturated heterocycles. The van der Waals surface area contributed by atoms with Gasteiger partial charge in [-0.2, -0.15) is 0 Å². The van der Waals surface area contributed by atoms with Crippen LogP contribution in [0.4, 0.5) is 0 Å². The van der Waals surface area contributed by atoms with E-state index in [1.54, 1.807) is 0 Å². The second-order valence-electron chi connectivity index (χ2n) is 16.1. The van der Waals surface area contributed by atoms with E-state index in [1.165, 1.54) is 77.0 Å². The van der Waals surface area contributed by atoms with Crippen molar-refractivity contribution in [3.8, 4) is 0 Å². The molecule has 0 spiro atoms. The van der Waals surface area contributed by atoms with Gasteiger partial charge in [-0.3, -0.25) is 4.79 Å². The molecule has 0 aromatic heterocycles. The Morgan fingerprint density at radius 2 is 1.26 bits per heavy atom. The van der Waals surface area contributed by atoms with Crippen molar-refractivity contribution in [2.24, 2.45) is 40.9 Å². The van der Waals surface area contributed by atoms with Crippen LogP contribution in [0.5, 0.6) is 0 Å². The number of ether oxygens (including phenoxy) is 6. The SMILES string of the molecule is CC(C)(C1CCC(OCC2CO2)CC1)C1CCC(OCC2CO2)CC1.O=C(OCC1CCC2CC2C1)C1CCC2OC2C1. The number of carbonyl (C=O) groups excluding carboxylic acids is 1. The fourth-order valence-corrected chi connectivity index (χ4v) is 9.13. The van der Waals surface area contributed by atoms with Crippen molar-refractivity contribution < 1.29 is 33.2 Å². The summed E-state index contributed by atoms with van der Waals surface area (Å²) in [4.78, 5) is 12.0. The molecule has 43 heavy (non-hydrogen) atoms. The molecule has 0 bridgehead atoms. The summed E-state index contributed by atoms with van der Waals surface area (Å²) in [5.74, 6) is 4.51. The molecule has 8 unspecified atom stereocenters. The second kappa shape index (κ2) is 13.6. The van der Waals surface area contributed by atoms with Crippen molar-refractivity contribution in [3.63, 3.8) is 0 Å². The number of hydrogen-bond acceptors (Lipinski definition) is 7. The van der Waals surface area contributed by atoms with Gasteiger partial charge < -0.3 is 28.4 Å². The quantitative estimate of drug-likeness (QED) is 0.197. The highest BCUT2D eigenvalue weighted by atomic mass is 16.6. The van der Waals surface area contributed by atoms with Crippen molar-refractivity contribution >= 4 is 5.97 Å². The molecule has 0 amide bonds. The molecule has 0 aromatic carbocycles. The van der Waals surface area contributed by atoms with Crippen molar-refractivity contribution in [2.75, 3.05) is 33.0 Å². The summed E-state index contributed by atoms with van der Waals surface area (Å²) in [6, 6.07) is 0. The number of rotatable bonds is 11. The first-order chi connectivity index (χ1) is 20.9. The zero-order valence-corrected chi connectivity index (χ0v) is 26.9. The molecule has 7 nitrogen and oxygen atoms in total. The summed E-state index contributed by atoms with van der Waals surface area (Å²) in [6.45, 7) is 9.17. The first-order valence-corrected chi connectivity index (χ1v) is 18.2. The smallest absolute Gasteiger partial charge is 0.309 e. The lowest BCUT2D eigenvalue weighted by Gasteiger charge is -2.46. The monoisotopic (exact) mass is 602 g/mol. The van der Waals surface area contributed by atoms with Gasteiger partial charge in [-0.15, -0.1) is 0 Å². The normalized spacial score (nSPS) is 44.6. The summed E-state index contributed by atoms with van der Waals surface area (Å²) in [7, 11) is 0. The van der Waals surface area contributed by atoms with Crippen LogP contribution in [0.2, 0.25) is 0 Å². The maximum atomic E-state index is 12.0. The van der Waals surface area contributed by atoms with Crippen LogP contribution in [0.15, 0.2) is 0 Å². The van der Waals surface area contributed by atoms with Gasteiger partial charge in [0.05, 0.1) is 63.4 Å². The van der Waals surface area contributed by atoms with Crippen LogP contribution in [0.3, 0.4) is 0 Å². The average Bonchev–Trinajstić information content (AvgIpc) is 3.86. The Kier molecular flexibility index (Phi) is 9.74. The Balaban J connectivity index is 0.000000147. The topological polar surface area (TPSA) is 82.3 Å². The third-order valence-corrected chi connectivity index (χ3v) is 12.7. The maximum absolute atomic E-state index is 12.0. The van der Waals surface area contributed by atoms with Crippen LogP contribution in [-0.4, -0.2) is 75.6 Å². The molecule has 8 fully saturated rings. The standard InChI is InChI=1S/C21H36O4.C15H22O3/c1-21(2,15-3-7-17(8-4-15)22-11-19-13-24-19)16-5-9-18(10-6-16)23-12-20-14-25-20;16-15(11-3-4-13-14(7-11)18-13)17-8-9-1-2-10-6-12(10)5-9/h15-20H,3-14H2,1-2H3;9-14H,1-8H2. The summed E-state index contributed by atoms with van der Waals surface area (Å²) in [5.41, 5.74) is 0.454. The minimum Gasteiger partial charge on any atom is -0.465 e. The second-order valence-corrected chi connectivity index (χ2v) is 16.1. The Hall–Kier alpha value is -0.730. The molecular formula is C36H58O7. The third kappa shape index (κ3) is 8.55. The number of esters is 1. The predicted octanol–water partition coefficient (Wildman–Crippen LogP) is 6.49. The molecule has 0 N–H and O–H groups in total. The van der Waals surface area contributed by atoms with Crippen LogP contribution in [0.25, 0.3) is 0 Å². The maximum Gasteiger partial charge on any atom is 0.309 e. The van der Waals surface area contributed by atoms with Gasteiger partial charge in [-0.05, 0) is 131 Å². The lowest BCUT2D eigenvalue weighted by molar-refractivity contribution is -0.151. The molecule has 8 rings (SSSR count). The Morgan fingerprint density at radius 1 is 0.651 bits per heavy atom. The molecule has 0 aromatic rings. The van der Waals surface area contributed by atoms with E-state index in [4.69, 9.17) is 28.4 Å². The highest BCUT2D eigenvalue weighted by Gasteiger charge is 2.47.